The number of carboxylic acid groups (broad SMARTS) is 1. The molecule has 2 N–H and O–H groups in total. The Morgan fingerprint density at radius 1 is 1.55 bits per heavy atom. The molecule has 0 aliphatic heterocycles. The molecule has 5 heteroatoms. The van der Waals surface area contributed by atoms with Crippen LogP contribution in [0.3, 0.4) is 0 Å². The van der Waals surface area contributed by atoms with Crippen molar-refractivity contribution in [2.75, 3.05) is 7.05 Å². The lowest BCUT2D eigenvalue weighted by Gasteiger charge is -2.18. The van der Waals surface area contributed by atoms with Gasteiger partial charge in [-0.15, -0.1) is 0 Å². The Kier molecular flexibility index (Phi) is 3.53. The van der Waals surface area contributed by atoms with E-state index in [0.29, 0.717) is 0 Å². The summed E-state index contributed by atoms with van der Waals surface area (Å²) in [6.45, 7) is 2.81. The number of hydrogen-bond acceptors (Lipinski definition) is 3. The lowest BCUT2D eigenvalue weighted by Crippen LogP contribution is -2.46. The van der Waals surface area contributed by atoms with E-state index in [1.165, 1.54) is 20.9 Å². The molecule has 0 fully saturated rings. The maximum absolute atomic E-state index is 10.6. The van der Waals surface area contributed by atoms with Gasteiger partial charge in [0.1, 0.15) is 6.04 Å². The number of hydrazine groups is 1. The fraction of sp³-hybridized carbons (Fsp3) is 0.667. The number of hydrogen-bond donors (Lipinski definition) is 2. The molecule has 0 saturated heterocycles. The van der Waals surface area contributed by atoms with Gasteiger partial charge in [0.15, 0.2) is 0 Å². The lowest BCUT2D eigenvalue weighted by molar-refractivity contribution is -0.142. The summed E-state index contributed by atoms with van der Waals surface area (Å²) >= 11 is 0. The minimum Gasteiger partial charge on any atom is -0.480 e. The molecule has 1 amide bonds. The van der Waals surface area contributed by atoms with Crippen LogP contribution in [0, 0.1) is 0 Å². The summed E-state index contributed by atoms with van der Waals surface area (Å²) in [5, 5.41) is 9.55. The molecule has 0 aromatic carbocycles. The molecule has 11 heavy (non-hydrogen) atoms. The first kappa shape index (κ1) is 9.90. The maximum atomic E-state index is 10.6. The summed E-state index contributed by atoms with van der Waals surface area (Å²) in [5.74, 6) is -1.21. The monoisotopic (exact) mass is 160 g/mol. The Morgan fingerprint density at radius 2 is 2.00 bits per heavy atom. The Morgan fingerprint density at radius 3 is 2.27 bits per heavy atom. The molecular weight excluding hydrogens is 148 g/mol. The number of aliphatic carboxylic acids is 1. The van der Waals surface area contributed by atoms with Crippen LogP contribution in [0.5, 0.6) is 0 Å². The molecule has 0 aromatic heterocycles. The quantitative estimate of drug-likeness (QED) is 0.543. The summed E-state index contributed by atoms with van der Waals surface area (Å²) in [6, 6.07) is -0.746. The topological polar surface area (TPSA) is 69.6 Å². The van der Waals surface area contributed by atoms with Gasteiger partial charge in [0, 0.05) is 14.0 Å². The summed E-state index contributed by atoms with van der Waals surface area (Å²) in [4.78, 5) is 20.8. The summed E-state index contributed by atoms with van der Waals surface area (Å²) in [6.07, 6.45) is 0. The highest BCUT2D eigenvalue weighted by molar-refractivity contribution is 5.75. The average molecular weight is 160 g/mol. The van der Waals surface area contributed by atoms with Gasteiger partial charge in [0.05, 0.1) is 0 Å². The smallest absolute Gasteiger partial charge is 0.322 e. The average Bonchev–Trinajstić information content (AvgIpc) is 1.87. The standard InChI is InChI=1S/C6H12N2O3/c1-4(6(10)11)7-8(3)5(2)9/h4,7H,1-3H3,(H,10,11)/t4-/m0/s1. The molecule has 0 rings (SSSR count). The van der Waals surface area contributed by atoms with Crippen LogP contribution >= 0.6 is 0 Å². The molecular formula is C6H12N2O3. The van der Waals surface area contributed by atoms with Crippen molar-refractivity contribution < 1.29 is 14.7 Å². The number of nitrogens with one attached hydrogen (secondary N) is 1. The Labute approximate surface area is 65.0 Å². The van der Waals surface area contributed by atoms with Crippen LogP contribution in [0.4, 0.5) is 0 Å². The normalized spacial score (nSPS) is 12.3. The predicted octanol–water partition coefficient (Wildman–Crippen LogP) is -0.558. The first-order valence-corrected chi connectivity index (χ1v) is 3.18. The molecule has 1 atom stereocenters. The van der Waals surface area contributed by atoms with E-state index in [0.717, 1.165) is 5.01 Å². The van der Waals surface area contributed by atoms with Crippen molar-refractivity contribution in [3.05, 3.63) is 0 Å². The third kappa shape index (κ3) is 3.57. The van der Waals surface area contributed by atoms with E-state index in [1.807, 2.05) is 0 Å². The Bertz CT molecular complexity index is 151. The largest absolute Gasteiger partial charge is 0.480 e. The molecule has 0 heterocycles. The third-order valence-electron chi connectivity index (χ3n) is 1.23. The lowest BCUT2D eigenvalue weighted by atomic mass is 10.4. The SMILES string of the molecule is CC(=O)N(C)N[C@@H](C)C(=O)O. The highest BCUT2D eigenvalue weighted by atomic mass is 16.4. The number of rotatable bonds is 3. The van der Waals surface area contributed by atoms with E-state index >= 15 is 0 Å². The van der Waals surface area contributed by atoms with Gasteiger partial charge in [-0.1, -0.05) is 0 Å². The molecule has 64 valence electrons. The van der Waals surface area contributed by atoms with Crippen molar-refractivity contribution >= 4 is 11.9 Å². The molecule has 0 unspecified atom stereocenters. The highest BCUT2D eigenvalue weighted by Gasteiger charge is 2.13. The van der Waals surface area contributed by atoms with E-state index < -0.39 is 12.0 Å². The van der Waals surface area contributed by atoms with Crippen molar-refractivity contribution in [2.45, 2.75) is 19.9 Å². The molecule has 0 bridgehead atoms. The van der Waals surface area contributed by atoms with Gasteiger partial charge in [-0.05, 0) is 6.92 Å². The van der Waals surface area contributed by atoms with E-state index in [4.69, 9.17) is 5.11 Å². The van der Waals surface area contributed by atoms with E-state index in [1.54, 1.807) is 0 Å². The van der Waals surface area contributed by atoms with Crippen LogP contribution in [0.15, 0.2) is 0 Å². The van der Waals surface area contributed by atoms with E-state index in [2.05, 4.69) is 5.43 Å². The number of carbonyl (C=O) groups is 2. The van der Waals surface area contributed by atoms with Crippen LogP contribution in [0.2, 0.25) is 0 Å². The molecule has 5 nitrogen and oxygen atoms in total. The van der Waals surface area contributed by atoms with Crippen molar-refractivity contribution in [1.82, 2.24) is 10.4 Å². The highest BCUT2D eigenvalue weighted by Crippen LogP contribution is 1.84. The molecule has 0 aromatic rings. The zero-order chi connectivity index (χ0) is 9.02. The Balaban J connectivity index is 3.84. The zero-order valence-corrected chi connectivity index (χ0v) is 6.79. The summed E-state index contributed by atoms with van der Waals surface area (Å²) in [5.41, 5.74) is 2.46. The summed E-state index contributed by atoms with van der Waals surface area (Å²) in [7, 11) is 1.47. The number of amides is 1. The van der Waals surface area contributed by atoms with Gasteiger partial charge >= 0.3 is 5.97 Å². The first-order chi connectivity index (χ1) is 4.95. The molecule has 0 radical (unpaired) electrons. The first-order valence-electron chi connectivity index (χ1n) is 3.18. The number of carboxylic acids is 1. The van der Waals surface area contributed by atoms with Crippen LogP contribution in [-0.4, -0.2) is 35.1 Å². The molecule has 0 aliphatic rings. The maximum Gasteiger partial charge on any atom is 0.322 e. The number of carbonyl (C=O) groups excluding carboxylic acids is 1. The predicted molar refractivity (Wildman–Crippen MR) is 38.7 cm³/mol. The fourth-order valence-corrected chi connectivity index (χ4v) is 0.437. The molecule has 0 saturated carbocycles. The number of nitrogens with zero attached hydrogens (tertiary/aromatic N) is 1. The molecule has 0 spiro atoms. The van der Waals surface area contributed by atoms with Crippen LogP contribution in [0.25, 0.3) is 0 Å². The Hall–Kier alpha value is -1.10. The van der Waals surface area contributed by atoms with Crippen LogP contribution < -0.4 is 5.43 Å². The van der Waals surface area contributed by atoms with Gasteiger partial charge in [-0.25, -0.2) is 5.43 Å². The van der Waals surface area contributed by atoms with Gasteiger partial charge in [-0.2, -0.15) is 0 Å². The van der Waals surface area contributed by atoms with Gasteiger partial charge < -0.3 is 5.11 Å². The second-order valence-corrected chi connectivity index (χ2v) is 2.27. The van der Waals surface area contributed by atoms with E-state index in [-0.39, 0.29) is 5.91 Å². The molecule has 0 aliphatic carbocycles. The van der Waals surface area contributed by atoms with Crippen molar-refractivity contribution in [2.24, 2.45) is 0 Å². The minimum atomic E-state index is -0.988. The minimum absolute atomic E-state index is 0.224. The van der Waals surface area contributed by atoms with E-state index in [9.17, 15) is 9.59 Å². The van der Waals surface area contributed by atoms with Crippen molar-refractivity contribution in [3.8, 4) is 0 Å². The van der Waals surface area contributed by atoms with Crippen molar-refractivity contribution in [3.63, 3.8) is 0 Å². The van der Waals surface area contributed by atoms with Crippen molar-refractivity contribution in [1.29, 1.82) is 0 Å². The van der Waals surface area contributed by atoms with Gasteiger partial charge in [-0.3, -0.25) is 14.6 Å². The van der Waals surface area contributed by atoms with Crippen LogP contribution in [0.1, 0.15) is 13.8 Å². The second-order valence-electron chi connectivity index (χ2n) is 2.27. The zero-order valence-electron chi connectivity index (χ0n) is 6.79. The van der Waals surface area contributed by atoms with Gasteiger partial charge in [0.25, 0.3) is 0 Å². The van der Waals surface area contributed by atoms with Crippen LogP contribution in [-0.2, 0) is 9.59 Å². The second kappa shape index (κ2) is 3.92. The summed E-state index contributed by atoms with van der Waals surface area (Å²) < 4.78 is 0. The van der Waals surface area contributed by atoms with Gasteiger partial charge in [0.2, 0.25) is 5.91 Å². The fourth-order valence-electron chi connectivity index (χ4n) is 0.437. The third-order valence-corrected chi connectivity index (χ3v) is 1.23.